The van der Waals surface area contributed by atoms with E-state index in [4.69, 9.17) is 14.1 Å². The maximum absolute atomic E-state index is 12.3. The van der Waals surface area contributed by atoms with E-state index in [0.29, 0.717) is 33.7 Å². The molecule has 4 heteroatoms. The molecule has 0 bridgehead atoms. The van der Waals surface area contributed by atoms with Crippen molar-refractivity contribution in [3.05, 3.63) is 229 Å². The molecule has 0 atom stereocenters. The zero-order valence-electron chi connectivity index (χ0n) is 40.9. The van der Waals surface area contributed by atoms with Crippen molar-refractivity contribution in [1.82, 2.24) is 14.5 Å². The largest absolute Gasteiger partial charge is 0.507 e. The first-order valence-corrected chi connectivity index (χ1v) is 22.5. The van der Waals surface area contributed by atoms with Crippen molar-refractivity contribution < 1.29 is 9.22 Å². The second kappa shape index (κ2) is 17.0. The van der Waals surface area contributed by atoms with Gasteiger partial charge in [-0.15, -0.1) is 0 Å². The van der Waals surface area contributed by atoms with Gasteiger partial charge in [-0.05, 0) is 98.7 Å². The van der Waals surface area contributed by atoms with Crippen molar-refractivity contribution in [1.29, 1.82) is 0 Å². The summed E-state index contributed by atoms with van der Waals surface area (Å²) in [5, 5.41) is 12.3. The van der Waals surface area contributed by atoms with E-state index in [0.717, 1.165) is 55.7 Å². The third kappa shape index (κ3) is 7.69. The Bertz CT molecular complexity index is 3440. The molecule has 0 aliphatic heterocycles. The summed E-state index contributed by atoms with van der Waals surface area (Å²) in [6.45, 7) is 8.34. The number of imidazole rings is 1. The van der Waals surface area contributed by atoms with Crippen molar-refractivity contribution in [2.45, 2.75) is 52.3 Å². The Morgan fingerprint density at radius 2 is 1.05 bits per heavy atom. The Morgan fingerprint density at radius 3 is 1.73 bits per heavy atom. The van der Waals surface area contributed by atoms with Crippen LogP contribution < -0.4 is 0 Å². The Morgan fingerprint density at radius 1 is 0.485 bits per heavy atom. The fraction of sp³-hybridized carbons (Fsp3) is 0.129. The number of nitrogens with zero attached hydrogens (tertiary/aromatic N) is 3. The van der Waals surface area contributed by atoms with Crippen LogP contribution in [0.1, 0.15) is 61.0 Å². The molecule has 0 radical (unpaired) electrons. The standard InChI is InChI=1S/C62H53N3O/c1-41-37-45(39-46(38-41)55-40-44(35-36-63-55)48-27-16-17-32-53(48)62(5,6)47-25-14-9-15-26-47)49-28-20-34-56-57(49)64-60(52-31-19-33-54(59(52)66)61(2,3)4)65(56)58-50(42-21-10-7-11-22-42)29-18-30-51(58)43-23-12-8-13-24-43/h7-40,66H,1-6H3/i1D3. The molecule has 0 amide bonds. The lowest BCUT2D eigenvalue weighted by Crippen LogP contribution is -2.19. The van der Waals surface area contributed by atoms with Gasteiger partial charge in [0.1, 0.15) is 11.6 Å². The van der Waals surface area contributed by atoms with E-state index in [1.54, 1.807) is 18.3 Å². The van der Waals surface area contributed by atoms with Gasteiger partial charge in [0, 0.05) is 38.0 Å². The molecule has 10 rings (SSSR count). The number of aromatic hydroxyl groups is 1. The summed E-state index contributed by atoms with van der Waals surface area (Å²) >= 11 is 0. The number of rotatable bonds is 9. The summed E-state index contributed by atoms with van der Waals surface area (Å²) in [5.74, 6) is 0.716. The second-order valence-electron chi connectivity index (χ2n) is 18.6. The number of para-hydroxylation sites is 3. The number of phenolic OH excluding ortho intramolecular Hbond substituents is 1. The van der Waals surface area contributed by atoms with E-state index in [2.05, 4.69) is 142 Å². The minimum Gasteiger partial charge on any atom is -0.507 e. The lowest BCUT2D eigenvalue weighted by Gasteiger charge is -2.29. The van der Waals surface area contributed by atoms with Crippen molar-refractivity contribution in [2.24, 2.45) is 0 Å². The molecular weight excluding hydrogens is 803 g/mol. The molecule has 66 heavy (non-hydrogen) atoms. The highest BCUT2D eigenvalue weighted by molar-refractivity contribution is 5.99. The monoisotopic (exact) mass is 858 g/mol. The molecule has 0 aliphatic rings. The zero-order chi connectivity index (χ0) is 48.1. The third-order valence-electron chi connectivity index (χ3n) is 12.9. The van der Waals surface area contributed by atoms with Crippen LogP contribution in [0, 0.1) is 6.85 Å². The predicted molar refractivity (Wildman–Crippen MR) is 275 cm³/mol. The molecule has 0 saturated carbocycles. The van der Waals surface area contributed by atoms with Crippen LogP contribution in [0.4, 0.5) is 0 Å². The normalized spacial score (nSPS) is 12.7. The third-order valence-corrected chi connectivity index (χ3v) is 12.9. The summed E-state index contributed by atoms with van der Waals surface area (Å²) in [7, 11) is 0. The first kappa shape index (κ1) is 38.6. The van der Waals surface area contributed by atoms with Gasteiger partial charge in [-0.3, -0.25) is 9.55 Å². The van der Waals surface area contributed by atoms with E-state index in [1.807, 2.05) is 84.9 Å². The van der Waals surface area contributed by atoms with Gasteiger partial charge in [-0.2, -0.15) is 0 Å². The highest BCUT2D eigenvalue weighted by Gasteiger charge is 2.28. The van der Waals surface area contributed by atoms with Crippen LogP contribution in [0.5, 0.6) is 5.75 Å². The topological polar surface area (TPSA) is 50.9 Å². The van der Waals surface area contributed by atoms with Gasteiger partial charge in [-0.1, -0.05) is 198 Å². The number of fused-ring (bicyclic) bond motifs is 1. The average Bonchev–Trinajstić information content (AvgIpc) is 3.75. The van der Waals surface area contributed by atoms with Crippen LogP contribution in [-0.4, -0.2) is 19.6 Å². The van der Waals surface area contributed by atoms with Crippen LogP contribution >= 0.6 is 0 Å². The molecule has 8 aromatic carbocycles. The smallest absolute Gasteiger partial charge is 0.149 e. The molecule has 0 fully saturated rings. The maximum Gasteiger partial charge on any atom is 0.149 e. The Hall–Kier alpha value is -7.82. The Balaban J connectivity index is 1.22. The average molecular weight is 859 g/mol. The van der Waals surface area contributed by atoms with Gasteiger partial charge < -0.3 is 5.11 Å². The molecule has 2 heterocycles. The number of benzene rings is 8. The molecule has 0 spiro atoms. The lowest BCUT2D eigenvalue weighted by molar-refractivity contribution is 0.448. The summed E-state index contributed by atoms with van der Waals surface area (Å²) < 4.78 is 28.4. The lowest BCUT2D eigenvalue weighted by atomic mass is 9.75. The van der Waals surface area contributed by atoms with E-state index < -0.39 is 6.85 Å². The van der Waals surface area contributed by atoms with Gasteiger partial charge >= 0.3 is 0 Å². The fourth-order valence-electron chi connectivity index (χ4n) is 9.53. The van der Waals surface area contributed by atoms with Crippen LogP contribution in [0.3, 0.4) is 0 Å². The highest BCUT2D eigenvalue weighted by atomic mass is 16.3. The van der Waals surface area contributed by atoms with Gasteiger partial charge in [0.05, 0.1) is 28.0 Å². The van der Waals surface area contributed by atoms with E-state index in [-0.39, 0.29) is 22.1 Å². The van der Waals surface area contributed by atoms with Crippen LogP contribution in [0.2, 0.25) is 0 Å². The molecule has 1 N–H and O–H groups in total. The molecule has 2 aromatic heterocycles. The molecule has 10 aromatic rings. The minimum absolute atomic E-state index is 0.160. The van der Waals surface area contributed by atoms with Crippen molar-refractivity contribution >= 4 is 11.0 Å². The van der Waals surface area contributed by atoms with Crippen molar-refractivity contribution in [2.75, 3.05) is 0 Å². The van der Waals surface area contributed by atoms with Crippen LogP contribution in [0.15, 0.2) is 206 Å². The SMILES string of the molecule is [2H]C([2H])([2H])c1cc(-c2cc(-c3ccccc3C(C)(C)c3ccccc3)ccn2)cc(-c2cccc3c2nc(-c2cccc(C(C)(C)C)c2O)n3-c2c(-c3ccccc3)cccc2-c2ccccc2)c1. The van der Waals surface area contributed by atoms with E-state index in [1.165, 1.54) is 11.1 Å². The quantitative estimate of drug-likeness (QED) is 0.157. The van der Waals surface area contributed by atoms with E-state index in [9.17, 15) is 5.11 Å². The zero-order valence-corrected chi connectivity index (χ0v) is 37.9. The van der Waals surface area contributed by atoms with Gasteiger partial charge in [0.25, 0.3) is 0 Å². The molecule has 0 aliphatic carbocycles. The molecule has 0 saturated heterocycles. The fourth-order valence-corrected chi connectivity index (χ4v) is 9.53. The van der Waals surface area contributed by atoms with Gasteiger partial charge in [0.2, 0.25) is 0 Å². The summed E-state index contributed by atoms with van der Waals surface area (Å²) in [6, 6.07) is 67.6. The minimum atomic E-state index is -2.43. The Kier molecular flexibility index (Phi) is 9.92. The van der Waals surface area contributed by atoms with Gasteiger partial charge in [0.15, 0.2) is 0 Å². The van der Waals surface area contributed by atoms with Crippen LogP contribution in [-0.2, 0) is 10.8 Å². The molecular formula is C62H53N3O. The highest BCUT2D eigenvalue weighted by Crippen LogP contribution is 2.46. The second-order valence-corrected chi connectivity index (χ2v) is 18.6. The molecule has 322 valence electrons. The first-order chi connectivity index (χ1) is 33.2. The summed E-state index contributed by atoms with van der Waals surface area (Å²) in [6.07, 6.45) is 1.81. The number of hydrogen-bond acceptors (Lipinski definition) is 3. The number of aromatic nitrogens is 3. The number of phenols is 1. The van der Waals surface area contributed by atoms with Crippen LogP contribution in [0.25, 0.3) is 83.9 Å². The van der Waals surface area contributed by atoms with Crippen molar-refractivity contribution in [3.8, 4) is 78.6 Å². The predicted octanol–water partition coefficient (Wildman–Crippen LogP) is 16.1. The molecule has 4 nitrogen and oxygen atoms in total. The maximum atomic E-state index is 12.3. The summed E-state index contributed by atoms with van der Waals surface area (Å²) in [4.78, 5) is 10.4. The van der Waals surface area contributed by atoms with Gasteiger partial charge in [-0.25, -0.2) is 4.98 Å². The number of pyridine rings is 1. The van der Waals surface area contributed by atoms with Crippen molar-refractivity contribution in [3.63, 3.8) is 0 Å². The molecule has 0 unspecified atom stereocenters. The van der Waals surface area contributed by atoms with E-state index >= 15 is 0 Å². The number of aryl methyl sites for hydroxylation is 1. The summed E-state index contributed by atoms with van der Waals surface area (Å²) in [5.41, 5.74) is 14.5. The Labute approximate surface area is 392 Å². The number of hydrogen-bond donors (Lipinski definition) is 1. The first-order valence-electron chi connectivity index (χ1n) is 24.0.